The molecule has 3 aromatic carbocycles. The van der Waals surface area contributed by atoms with Crippen LogP contribution in [0.25, 0.3) is 53.5 Å². The lowest BCUT2D eigenvalue weighted by molar-refractivity contribution is 0.401. The van der Waals surface area contributed by atoms with E-state index in [2.05, 4.69) is 72.0 Å². The summed E-state index contributed by atoms with van der Waals surface area (Å²) in [5.74, 6) is -1.72. The molecule has 0 atom stereocenters. The Bertz CT molecular complexity index is 2070. The van der Waals surface area contributed by atoms with Crippen LogP contribution < -0.4 is 0 Å². The van der Waals surface area contributed by atoms with Crippen molar-refractivity contribution in [1.29, 1.82) is 0 Å². The minimum Gasteiger partial charge on any atom is -0.203 e. The second kappa shape index (κ2) is 13.9. The Morgan fingerprint density at radius 1 is 0.604 bits per heavy atom. The summed E-state index contributed by atoms with van der Waals surface area (Å²) < 4.78 is 40.8. The summed E-state index contributed by atoms with van der Waals surface area (Å²) in [6, 6.07) is 21.7. The Morgan fingerprint density at radius 2 is 1.17 bits per heavy atom. The number of aromatic nitrogens is 2. The molecule has 248 valence electrons. The smallest absolute Gasteiger partial charge is 0.170 e. The van der Waals surface area contributed by atoms with E-state index in [1.807, 2.05) is 25.1 Å². The maximum absolute atomic E-state index is 16.0. The van der Waals surface area contributed by atoms with E-state index in [0.29, 0.717) is 20.8 Å². The average molecular weight is 697 g/mol. The monoisotopic (exact) mass is 696 g/mol. The van der Waals surface area contributed by atoms with Crippen molar-refractivity contribution in [2.24, 2.45) is 0 Å². The Balaban J connectivity index is 1.31. The summed E-state index contributed by atoms with van der Waals surface area (Å²) in [6.45, 7) is 8.73. The van der Waals surface area contributed by atoms with E-state index in [1.54, 1.807) is 0 Å². The van der Waals surface area contributed by atoms with Crippen molar-refractivity contribution in [3.05, 3.63) is 93.9 Å². The van der Waals surface area contributed by atoms with E-state index in [0.717, 1.165) is 39.9 Å². The van der Waals surface area contributed by atoms with Gasteiger partial charge in [-0.25, -0.2) is 8.78 Å². The molecule has 0 unspecified atom stereocenters. The van der Waals surface area contributed by atoms with Crippen LogP contribution in [0.3, 0.4) is 0 Å². The largest absolute Gasteiger partial charge is 0.203 e. The Hall–Kier alpha value is -3.26. The van der Waals surface area contributed by atoms with Gasteiger partial charge in [-0.2, -0.15) is 8.75 Å². The van der Waals surface area contributed by atoms with Crippen molar-refractivity contribution in [1.82, 2.24) is 8.75 Å². The molecule has 0 spiro atoms. The molecule has 3 aromatic heterocycles. The molecule has 2 nitrogen and oxygen atoms in total. The summed E-state index contributed by atoms with van der Waals surface area (Å²) in [5.41, 5.74) is 9.32. The second-order valence-corrected chi connectivity index (χ2v) is 16.3. The Kier molecular flexibility index (Phi) is 9.65. The van der Waals surface area contributed by atoms with Crippen molar-refractivity contribution < 1.29 is 8.78 Å². The van der Waals surface area contributed by atoms with Gasteiger partial charge in [0.2, 0.25) is 0 Å². The number of rotatable bonds is 13. The predicted molar refractivity (Wildman–Crippen MR) is 203 cm³/mol. The minimum absolute atomic E-state index is 0.0160. The van der Waals surface area contributed by atoms with Gasteiger partial charge in [0.25, 0.3) is 0 Å². The van der Waals surface area contributed by atoms with Gasteiger partial charge >= 0.3 is 0 Å². The van der Waals surface area contributed by atoms with E-state index in [1.165, 1.54) is 102 Å². The lowest BCUT2D eigenvalue weighted by Crippen LogP contribution is -2.25. The average Bonchev–Trinajstić information content (AvgIpc) is 3.90. The molecule has 0 fully saturated rings. The molecule has 0 radical (unpaired) electrons. The zero-order valence-electron chi connectivity index (χ0n) is 28.2. The van der Waals surface area contributed by atoms with Crippen molar-refractivity contribution in [3.8, 4) is 42.4 Å². The molecule has 0 bridgehead atoms. The van der Waals surface area contributed by atoms with Crippen molar-refractivity contribution in [3.63, 3.8) is 0 Å². The van der Waals surface area contributed by atoms with Gasteiger partial charge in [-0.05, 0) is 84.8 Å². The minimum atomic E-state index is -0.859. The molecule has 0 N–H and O–H groups in total. The first-order valence-electron chi connectivity index (χ1n) is 17.4. The fraction of sp³-hybridized carbons (Fsp3) is 0.366. The van der Waals surface area contributed by atoms with Gasteiger partial charge in [-0.15, -0.1) is 22.7 Å². The molecule has 0 saturated carbocycles. The van der Waals surface area contributed by atoms with Crippen molar-refractivity contribution in [2.45, 2.75) is 97.3 Å². The molecule has 1 aliphatic rings. The van der Waals surface area contributed by atoms with Crippen LogP contribution in [0.1, 0.15) is 99.6 Å². The number of unbranched alkanes of at least 4 members (excludes halogenated alkanes) is 6. The number of halogens is 2. The van der Waals surface area contributed by atoms with Crippen LogP contribution in [0.15, 0.2) is 60.7 Å². The van der Waals surface area contributed by atoms with Gasteiger partial charge in [0.15, 0.2) is 11.6 Å². The van der Waals surface area contributed by atoms with Crippen molar-refractivity contribution >= 4 is 45.4 Å². The summed E-state index contributed by atoms with van der Waals surface area (Å²) in [7, 11) is 0. The maximum Gasteiger partial charge on any atom is 0.170 e. The number of thiophene rings is 2. The third-order valence-electron chi connectivity index (χ3n) is 10.1. The van der Waals surface area contributed by atoms with Crippen LogP contribution in [0.5, 0.6) is 0 Å². The molecule has 1 aliphatic carbocycles. The molecule has 48 heavy (non-hydrogen) atoms. The lowest BCUT2D eigenvalue weighted by Gasteiger charge is -2.33. The molecule has 7 heteroatoms. The highest BCUT2D eigenvalue weighted by molar-refractivity contribution is 7.19. The molecule has 7 rings (SSSR count). The van der Waals surface area contributed by atoms with Crippen LogP contribution in [0.4, 0.5) is 8.78 Å². The zero-order chi connectivity index (χ0) is 33.4. The first kappa shape index (κ1) is 33.2. The topological polar surface area (TPSA) is 25.8 Å². The van der Waals surface area contributed by atoms with E-state index in [-0.39, 0.29) is 16.5 Å². The maximum atomic E-state index is 16.0. The predicted octanol–water partition coefficient (Wildman–Crippen LogP) is 13.9. The van der Waals surface area contributed by atoms with Gasteiger partial charge in [0, 0.05) is 24.9 Å². The summed E-state index contributed by atoms with van der Waals surface area (Å²) in [5, 5.41) is 0. The van der Waals surface area contributed by atoms with Crippen LogP contribution in [-0.4, -0.2) is 8.75 Å². The van der Waals surface area contributed by atoms with E-state index in [9.17, 15) is 0 Å². The van der Waals surface area contributed by atoms with E-state index >= 15 is 8.78 Å². The molecule has 0 amide bonds. The fourth-order valence-electron chi connectivity index (χ4n) is 7.72. The number of fused-ring (bicyclic) bond motifs is 4. The number of hydrogen-bond donors (Lipinski definition) is 0. The highest BCUT2D eigenvalue weighted by Crippen LogP contribution is 2.55. The SMILES string of the molecule is CCCCCCC1(CCCCCC)c2cc(C)ccc2-c2ccc(-c3ccc(-c4c(F)c(F)c(-c5ccc(C)s5)c5nsnc45)s3)cc21. The van der Waals surface area contributed by atoms with E-state index < -0.39 is 11.6 Å². The molecule has 0 saturated heterocycles. The van der Waals surface area contributed by atoms with Crippen LogP contribution >= 0.6 is 34.4 Å². The van der Waals surface area contributed by atoms with Gasteiger partial charge < -0.3 is 0 Å². The first-order valence-corrected chi connectivity index (χ1v) is 19.8. The van der Waals surface area contributed by atoms with Gasteiger partial charge in [0.1, 0.15) is 11.0 Å². The third-order valence-corrected chi connectivity index (χ3v) is 12.8. The van der Waals surface area contributed by atoms with Crippen LogP contribution in [-0.2, 0) is 5.41 Å². The van der Waals surface area contributed by atoms with Gasteiger partial charge in [0.05, 0.1) is 22.9 Å². The number of benzene rings is 3. The van der Waals surface area contributed by atoms with Crippen LogP contribution in [0.2, 0.25) is 0 Å². The summed E-state index contributed by atoms with van der Waals surface area (Å²) >= 11 is 3.94. The fourth-order valence-corrected chi connectivity index (χ4v) is 10.2. The van der Waals surface area contributed by atoms with E-state index in [4.69, 9.17) is 0 Å². The number of hydrogen-bond acceptors (Lipinski definition) is 5. The summed E-state index contributed by atoms with van der Waals surface area (Å²) in [4.78, 5) is 3.41. The summed E-state index contributed by atoms with van der Waals surface area (Å²) in [6.07, 6.45) is 12.2. The highest BCUT2D eigenvalue weighted by Gasteiger charge is 2.42. The molecular formula is C41H42F2N2S3. The van der Waals surface area contributed by atoms with Gasteiger partial charge in [-0.3, -0.25) is 0 Å². The quantitative estimate of drug-likeness (QED) is 0.112. The van der Waals surface area contributed by atoms with Crippen LogP contribution in [0, 0.1) is 25.5 Å². The zero-order valence-corrected chi connectivity index (χ0v) is 30.7. The lowest BCUT2D eigenvalue weighted by atomic mass is 9.70. The Labute approximate surface area is 295 Å². The number of nitrogens with zero attached hydrogens (tertiary/aromatic N) is 2. The highest BCUT2D eigenvalue weighted by atomic mass is 32.1. The molecule has 6 aromatic rings. The standard InChI is InChI=1S/C41H42F2N2S3/c1-5-7-9-11-21-41(22-12-10-8-6-2)30-23-25(3)13-16-28(30)29-17-15-27(24-31(29)41)32-19-20-34(47-32)36-38(43)37(42)35(33-18-14-26(4)46-33)39-40(36)45-48-44-39/h13-20,23-24H,5-12,21-22H2,1-4H3. The van der Waals surface area contributed by atoms with Gasteiger partial charge in [-0.1, -0.05) is 101 Å². The molecule has 3 heterocycles. The third kappa shape index (κ3) is 5.86. The molecule has 0 aliphatic heterocycles. The normalized spacial score (nSPS) is 13.4. The second-order valence-electron chi connectivity index (χ2n) is 13.4. The first-order chi connectivity index (χ1) is 23.4. The Morgan fingerprint density at radius 3 is 1.77 bits per heavy atom. The van der Waals surface area contributed by atoms with Crippen molar-refractivity contribution in [2.75, 3.05) is 0 Å². The molecular weight excluding hydrogens is 655 g/mol. The number of aryl methyl sites for hydroxylation is 2.